The molecular weight excluding hydrogens is 382 g/mol. The van der Waals surface area contributed by atoms with Crippen LogP contribution in [-0.4, -0.2) is 52.8 Å². The summed E-state index contributed by atoms with van der Waals surface area (Å²) in [4.78, 5) is 15.8. The smallest absolute Gasteiger partial charge is 0.343 e. The number of hydrogen-bond acceptors (Lipinski definition) is 6. The monoisotopic (exact) mass is 415 g/mol. The van der Waals surface area contributed by atoms with Gasteiger partial charge in [-0.05, 0) is 45.1 Å². The molecule has 0 aromatic heterocycles. The quantitative estimate of drug-likeness (QED) is 0.744. The van der Waals surface area contributed by atoms with Gasteiger partial charge in [0, 0.05) is 5.92 Å². The van der Waals surface area contributed by atoms with Gasteiger partial charge in [-0.2, -0.15) is 0 Å². The van der Waals surface area contributed by atoms with E-state index in [-0.39, 0.29) is 24.0 Å². The second-order valence-electron chi connectivity index (χ2n) is 10.0. The van der Waals surface area contributed by atoms with Crippen LogP contribution in [-0.2, 0) is 24.6 Å². The Morgan fingerprint density at radius 1 is 1.10 bits per heavy atom. The fraction of sp³-hybridized carbons (Fsp3) is 0.708. The molecule has 1 N–H and O–H groups in total. The Morgan fingerprint density at radius 2 is 1.70 bits per heavy atom. The normalized spacial score (nSPS) is 38.4. The third kappa shape index (κ3) is 2.88. The molecular formula is C24H33NO5. The average molecular weight is 416 g/mol. The molecule has 30 heavy (non-hydrogen) atoms. The highest BCUT2D eigenvalue weighted by molar-refractivity contribution is 5.81. The van der Waals surface area contributed by atoms with Crippen LogP contribution in [0.3, 0.4) is 0 Å². The van der Waals surface area contributed by atoms with E-state index in [4.69, 9.17) is 14.2 Å². The van der Waals surface area contributed by atoms with Crippen molar-refractivity contribution in [3.63, 3.8) is 0 Å². The van der Waals surface area contributed by atoms with Crippen molar-refractivity contribution in [2.45, 2.75) is 81.4 Å². The van der Waals surface area contributed by atoms with E-state index in [2.05, 4.69) is 18.7 Å². The van der Waals surface area contributed by atoms with Gasteiger partial charge in [0.15, 0.2) is 5.60 Å². The number of carbonyl (C=O) groups is 1. The number of ether oxygens (including phenoxy) is 3. The highest BCUT2D eigenvalue weighted by Gasteiger charge is 2.69. The van der Waals surface area contributed by atoms with Crippen molar-refractivity contribution in [2.24, 2.45) is 5.92 Å². The Labute approximate surface area is 178 Å². The summed E-state index contributed by atoms with van der Waals surface area (Å²) in [6.07, 6.45) is 6.68. The van der Waals surface area contributed by atoms with E-state index in [1.165, 1.54) is 0 Å². The summed E-state index contributed by atoms with van der Waals surface area (Å²) in [5.74, 6) is -0.669. The van der Waals surface area contributed by atoms with Gasteiger partial charge < -0.3 is 19.3 Å². The van der Waals surface area contributed by atoms with Gasteiger partial charge in [-0.1, -0.05) is 49.6 Å². The van der Waals surface area contributed by atoms with Crippen molar-refractivity contribution < 1.29 is 24.1 Å². The molecule has 1 aromatic rings. The number of carbonyl (C=O) groups excluding carboxylic acids is 1. The van der Waals surface area contributed by atoms with E-state index >= 15 is 0 Å². The highest BCUT2D eigenvalue weighted by atomic mass is 16.6. The summed E-state index contributed by atoms with van der Waals surface area (Å²) in [5.41, 5.74) is -2.23. The molecule has 3 aliphatic heterocycles. The largest absolute Gasteiger partial charge is 0.461 e. The van der Waals surface area contributed by atoms with E-state index < -0.39 is 17.1 Å². The summed E-state index contributed by atoms with van der Waals surface area (Å²) in [7, 11) is 0. The Bertz CT molecular complexity index is 787. The first kappa shape index (κ1) is 20.4. The molecule has 0 spiro atoms. The minimum absolute atomic E-state index is 0.124. The van der Waals surface area contributed by atoms with Crippen molar-refractivity contribution in [3.8, 4) is 0 Å². The van der Waals surface area contributed by atoms with Crippen molar-refractivity contribution in [3.05, 3.63) is 35.9 Å². The molecule has 1 aliphatic carbocycles. The molecule has 0 amide bonds. The standard InChI is InChI=1S/C24H33NO5/c1-21-13-14-22(2)25(21)23(16-29-21,17-30-22)15-28-20(26)24(27,18-9-5-3-6-10-18)19-11-7-4-8-12-19/h3,5-6,9-10,19,27H,4,7-8,11-17H2,1-2H3/t21-,22+,23?,24-/m1/s1. The third-order valence-electron chi connectivity index (χ3n) is 7.97. The molecule has 4 aliphatic rings. The van der Waals surface area contributed by atoms with Crippen LogP contribution in [0.15, 0.2) is 30.3 Å². The van der Waals surface area contributed by atoms with Crippen molar-refractivity contribution in [1.29, 1.82) is 0 Å². The van der Waals surface area contributed by atoms with E-state index in [9.17, 15) is 9.90 Å². The fourth-order valence-electron chi connectivity index (χ4n) is 6.41. The molecule has 4 atom stereocenters. The van der Waals surface area contributed by atoms with Crippen LogP contribution in [0.5, 0.6) is 0 Å². The lowest BCUT2D eigenvalue weighted by molar-refractivity contribution is -0.179. The highest BCUT2D eigenvalue weighted by Crippen LogP contribution is 2.55. The van der Waals surface area contributed by atoms with Crippen LogP contribution < -0.4 is 0 Å². The molecule has 3 saturated heterocycles. The first-order valence-electron chi connectivity index (χ1n) is 11.4. The third-order valence-corrected chi connectivity index (χ3v) is 7.97. The molecule has 1 aromatic carbocycles. The first-order valence-corrected chi connectivity index (χ1v) is 11.4. The van der Waals surface area contributed by atoms with Gasteiger partial charge in [-0.25, -0.2) is 9.69 Å². The Balaban J connectivity index is 1.39. The molecule has 6 heteroatoms. The molecule has 3 heterocycles. The molecule has 4 fully saturated rings. The number of nitrogens with zero attached hydrogens (tertiary/aromatic N) is 1. The maximum atomic E-state index is 13.5. The molecule has 0 bridgehead atoms. The number of esters is 1. The van der Waals surface area contributed by atoms with Gasteiger partial charge in [0.2, 0.25) is 0 Å². The van der Waals surface area contributed by atoms with Crippen LogP contribution in [0.4, 0.5) is 0 Å². The van der Waals surface area contributed by atoms with Gasteiger partial charge >= 0.3 is 5.97 Å². The number of hydrogen-bond donors (Lipinski definition) is 1. The van der Waals surface area contributed by atoms with Crippen molar-refractivity contribution in [2.75, 3.05) is 19.8 Å². The predicted molar refractivity (Wildman–Crippen MR) is 110 cm³/mol. The molecule has 1 saturated carbocycles. The zero-order chi connectivity index (χ0) is 21.0. The summed E-state index contributed by atoms with van der Waals surface area (Å²) in [6.45, 7) is 5.30. The zero-order valence-corrected chi connectivity index (χ0v) is 18.1. The lowest BCUT2D eigenvalue weighted by Crippen LogP contribution is -2.57. The number of rotatable bonds is 5. The number of benzene rings is 1. The van der Waals surface area contributed by atoms with Crippen molar-refractivity contribution >= 4 is 5.97 Å². The Morgan fingerprint density at radius 3 is 2.30 bits per heavy atom. The molecule has 164 valence electrons. The fourth-order valence-corrected chi connectivity index (χ4v) is 6.41. The lowest BCUT2D eigenvalue weighted by atomic mass is 9.73. The van der Waals surface area contributed by atoms with Gasteiger partial charge in [0.1, 0.15) is 23.6 Å². The summed E-state index contributed by atoms with van der Waals surface area (Å²) in [5, 5.41) is 11.8. The molecule has 0 radical (unpaired) electrons. The second kappa shape index (κ2) is 7.02. The van der Waals surface area contributed by atoms with Gasteiger partial charge in [0.05, 0.1) is 13.2 Å². The summed E-state index contributed by atoms with van der Waals surface area (Å²) < 4.78 is 18.3. The van der Waals surface area contributed by atoms with E-state index in [0.717, 1.165) is 44.9 Å². The van der Waals surface area contributed by atoms with Crippen LogP contribution in [0.25, 0.3) is 0 Å². The van der Waals surface area contributed by atoms with Crippen LogP contribution in [0, 0.1) is 5.92 Å². The van der Waals surface area contributed by atoms with Crippen LogP contribution in [0.2, 0.25) is 0 Å². The predicted octanol–water partition coefficient (Wildman–Crippen LogP) is 3.33. The van der Waals surface area contributed by atoms with Crippen LogP contribution in [0.1, 0.15) is 64.4 Å². The Hall–Kier alpha value is -1.47. The summed E-state index contributed by atoms with van der Waals surface area (Å²) in [6, 6.07) is 9.30. The Kier molecular flexibility index (Phi) is 4.78. The van der Waals surface area contributed by atoms with Crippen LogP contribution >= 0.6 is 0 Å². The molecule has 6 nitrogen and oxygen atoms in total. The maximum absolute atomic E-state index is 13.5. The molecule has 5 rings (SSSR count). The average Bonchev–Trinajstić information content (AvgIpc) is 3.36. The second-order valence-corrected chi connectivity index (χ2v) is 10.0. The minimum Gasteiger partial charge on any atom is -0.461 e. The SMILES string of the molecule is C[C@]12CC[C@]3(C)OCC(COC(=O)[C@@](O)(c4ccccc4)C4CCCCC4)(CO1)N23. The van der Waals surface area contributed by atoms with Gasteiger partial charge in [-0.15, -0.1) is 0 Å². The van der Waals surface area contributed by atoms with Gasteiger partial charge in [0.25, 0.3) is 0 Å². The lowest BCUT2D eigenvalue weighted by Gasteiger charge is -2.39. The van der Waals surface area contributed by atoms with E-state index in [0.29, 0.717) is 18.8 Å². The first-order chi connectivity index (χ1) is 14.3. The zero-order valence-electron chi connectivity index (χ0n) is 18.1. The van der Waals surface area contributed by atoms with Gasteiger partial charge in [-0.3, -0.25) is 0 Å². The minimum atomic E-state index is -1.62. The van der Waals surface area contributed by atoms with E-state index in [1.807, 2.05) is 30.3 Å². The number of aliphatic hydroxyl groups is 1. The van der Waals surface area contributed by atoms with E-state index in [1.54, 1.807) is 0 Å². The topological polar surface area (TPSA) is 68.2 Å². The maximum Gasteiger partial charge on any atom is 0.343 e. The van der Waals surface area contributed by atoms with Crippen molar-refractivity contribution in [1.82, 2.24) is 4.90 Å². The summed E-state index contributed by atoms with van der Waals surface area (Å²) >= 11 is 0. The molecule has 1 unspecified atom stereocenters.